The summed E-state index contributed by atoms with van der Waals surface area (Å²) in [7, 11) is 3.36. The smallest absolute Gasteiger partial charge is 0.122 e. The van der Waals surface area contributed by atoms with E-state index in [1.165, 1.54) is 0 Å². The predicted molar refractivity (Wildman–Crippen MR) is 70.0 cm³/mol. The van der Waals surface area contributed by atoms with E-state index in [1.54, 1.807) is 14.2 Å². The summed E-state index contributed by atoms with van der Waals surface area (Å²) in [6, 6.07) is 5.86. The lowest BCUT2D eigenvalue weighted by Gasteiger charge is -2.10. The third-order valence-electron chi connectivity index (χ3n) is 2.35. The van der Waals surface area contributed by atoms with Crippen LogP contribution in [-0.2, 0) is 6.42 Å². The van der Waals surface area contributed by atoms with Gasteiger partial charge in [0.25, 0.3) is 0 Å². The Bertz CT molecular complexity index is 318. The number of nitrogens with one attached hydrogen (secondary N) is 1. The van der Waals surface area contributed by atoms with Crippen LogP contribution in [0.15, 0.2) is 18.2 Å². The van der Waals surface area contributed by atoms with Gasteiger partial charge in [0.15, 0.2) is 0 Å². The minimum Gasteiger partial charge on any atom is -0.497 e. The highest BCUT2D eigenvalue weighted by atomic mass is 32.1. The zero-order valence-electron chi connectivity index (χ0n) is 9.82. The van der Waals surface area contributed by atoms with Crippen molar-refractivity contribution in [2.45, 2.75) is 6.42 Å². The second-order valence-electron chi connectivity index (χ2n) is 3.40. The Kier molecular flexibility index (Phi) is 6.11. The van der Waals surface area contributed by atoms with Gasteiger partial charge in [-0.1, -0.05) is 0 Å². The van der Waals surface area contributed by atoms with Crippen LogP contribution in [0, 0.1) is 0 Å². The minimum atomic E-state index is 0.856. The summed E-state index contributed by atoms with van der Waals surface area (Å²) < 4.78 is 10.5. The van der Waals surface area contributed by atoms with E-state index in [2.05, 4.69) is 17.9 Å². The molecule has 0 amide bonds. The lowest BCUT2D eigenvalue weighted by molar-refractivity contribution is 0.398. The van der Waals surface area contributed by atoms with Crippen LogP contribution in [0.2, 0.25) is 0 Å². The third-order valence-corrected chi connectivity index (χ3v) is 2.57. The second-order valence-corrected chi connectivity index (χ2v) is 3.85. The maximum atomic E-state index is 5.30. The van der Waals surface area contributed by atoms with Crippen LogP contribution in [0.4, 0.5) is 0 Å². The van der Waals surface area contributed by atoms with Crippen molar-refractivity contribution in [3.05, 3.63) is 23.8 Å². The molecule has 0 aliphatic carbocycles. The van der Waals surface area contributed by atoms with Gasteiger partial charge < -0.3 is 14.8 Å². The van der Waals surface area contributed by atoms with Gasteiger partial charge in [0.2, 0.25) is 0 Å². The molecule has 3 nitrogen and oxygen atoms in total. The largest absolute Gasteiger partial charge is 0.497 e. The standard InChI is InChI=1S/C12H19NO2S/c1-14-11-3-4-12(15-2)10(9-11)5-6-13-7-8-16/h3-4,9,13,16H,5-8H2,1-2H3. The summed E-state index contributed by atoms with van der Waals surface area (Å²) in [5, 5.41) is 3.30. The molecule has 16 heavy (non-hydrogen) atoms. The zero-order chi connectivity index (χ0) is 11.8. The van der Waals surface area contributed by atoms with Crippen molar-refractivity contribution in [2.75, 3.05) is 33.1 Å². The van der Waals surface area contributed by atoms with E-state index >= 15 is 0 Å². The van der Waals surface area contributed by atoms with Crippen molar-refractivity contribution in [3.63, 3.8) is 0 Å². The van der Waals surface area contributed by atoms with Crippen LogP contribution >= 0.6 is 12.6 Å². The van der Waals surface area contributed by atoms with Crippen LogP contribution in [0.25, 0.3) is 0 Å². The average molecular weight is 241 g/mol. The maximum absolute atomic E-state index is 5.30. The van der Waals surface area contributed by atoms with E-state index in [-0.39, 0.29) is 0 Å². The molecule has 0 heterocycles. The topological polar surface area (TPSA) is 30.5 Å². The highest BCUT2D eigenvalue weighted by molar-refractivity contribution is 7.80. The fourth-order valence-electron chi connectivity index (χ4n) is 1.50. The van der Waals surface area contributed by atoms with Crippen LogP contribution in [-0.4, -0.2) is 33.1 Å². The molecule has 0 spiro atoms. The quantitative estimate of drug-likeness (QED) is 0.563. The molecule has 90 valence electrons. The first-order valence-corrected chi connectivity index (χ1v) is 5.97. The summed E-state index contributed by atoms with van der Waals surface area (Å²) >= 11 is 4.14. The van der Waals surface area contributed by atoms with Gasteiger partial charge in [-0.15, -0.1) is 0 Å². The number of rotatable bonds is 7. The Morgan fingerprint density at radius 1 is 1.19 bits per heavy atom. The van der Waals surface area contributed by atoms with Gasteiger partial charge in [-0.25, -0.2) is 0 Å². The van der Waals surface area contributed by atoms with Crippen molar-refractivity contribution in [2.24, 2.45) is 0 Å². The fourth-order valence-corrected chi connectivity index (χ4v) is 1.66. The Morgan fingerprint density at radius 2 is 2.00 bits per heavy atom. The molecule has 0 atom stereocenters. The van der Waals surface area contributed by atoms with Gasteiger partial charge in [0.1, 0.15) is 11.5 Å². The fraction of sp³-hybridized carbons (Fsp3) is 0.500. The summed E-state index contributed by atoms with van der Waals surface area (Å²) in [5.74, 6) is 2.63. The first-order valence-electron chi connectivity index (χ1n) is 5.34. The molecule has 1 aromatic carbocycles. The molecule has 0 aliphatic heterocycles. The van der Waals surface area contributed by atoms with Crippen molar-refractivity contribution in [3.8, 4) is 11.5 Å². The van der Waals surface area contributed by atoms with Gasteiger partial charge in [0, 0.05) is 12.3 Å². The van der Waals surface area contributed by atoms with Gasteiger partial charge >= 0.3 is 0 Å². The Labute approximate surface area is 103 Å². The van der Waals surface area contributed by atoms with Gasteiger partial charge in [0.05, 0.1) is 14.2 Å². The van der Waals surface area contributed by atoms with E-state index in [0.29, 0.717) is 0 Å². The van der Waals surface area contributed by atoms with E-state index in [4.69, 9.17) is 9.47 Å². The molecule has 0 unspecified atom stereocenters. The number of methoxy groups -OCH3 is 2. The molecular formula is C12H19NO2S. The highest BCUT2D eigenvalue weighted by Crippen LogP contribution is 2.23. The van der Waals surface area contributed by atoms with Crippen molar-refractivity contribution < 1.29 is 9.47 Å². The lowest BCUT2D eigenvalue weighted by Crippen LogP contribution is -2.19. The number of hydrogen-bond acceptors (Lipinski definition) is 4. The molecule has 0 bridgehead atoms. The molecule has 4 heteroatoms. The number of ether oxygens (including phenoxy) is 2. The summed E-state index contributed by atoms with van der Waals surface area (Å²) in [6.07, 6.45) is 0.925. The Hall–Kier alpha value is -0.870. The van der Waals surface area contributed by atoms with Crippen LogP contribution in [0.5, 0.6) is 11.5 Å². The normalized spacial score (nSPS) is 10.2. The van der Waals surface area contributed by atoms with Gasteiger partial charge in [-0.05, 0) is 36.7 Å². The van der Waals surface area contributed by atoms with Crippen LogP contribution < -0.4 is 14.8 Å². The molecule has 1 rings (SSSR count). The second kappa shape index (κ2) is 7.41. The summed E-state index contributed by atoms with van der Waals surface area (Å²) in [5.41, 5.74) is 1.16. The molecule has 0 saturated carbocycles. The molecular weight excluding hydrogens is 222 g/mol. The van der Waals surface area contributed by atoms with Crippen molar-refractivity contribution in [1.29, 1.82) is 0 Å². The summed E-state index contributed by atoms with van der Waals surface area (Å²) in [4.78, 5) is 0. The highest BCUT2D eigenvalue weighted by Gasteiger charge is 2.04. The van der Waals surface area contributed by atoms with Crippen molar-refractivity contribution in [1.82, 2.24) is 5.32 Å². The first kappa shape index (κ1) is 13.2. The zero-order valence-corrected chi connectivity index (χ0v) is 10.7. The minimum absolute atomic E-state index is 0.856. The SMILES string of the molecule is COc1ccc(OC)c(CCNCCS)c1. The van der Waals surface area contributed by atoms with Crippen molar-refractivity contribution >= 4 is 12.6 Å². The molecule has 0 radical (unpaired) electrons. The Morgan fingerprint density at radius 3 is 2.62 bits per heavy atom. The Balaban J connectivity index is 2.60. The van der Waals surface area contributed by atoms with E-state index in [9.17, 15) is 0 Å². The molecule has 0 aromatic heterocycles. The number of thiol groups is 1. The van der Waals surface area contributed by atoms with E-state index < -0.39 is 0 Å². The first-order chi connectivity index (χ1) is 7.81. The molecule has 0 saturated heterocycles. The molecule has 0 aliphatic rings. The molecule has 0 fully saturated rings. The third kappa shape index (κ3) is 3.94. The number of benzene rings is 1. The van der Waals surface area contributed by atoms with Gasteiger partial charge in [-0.2, -0.15) is 12.6 Å². The number of hydrogen-bond donors (Lipinski definition) is 2. The van der Waals surface area contributed by atoms with Crippen LogP contribution in [0.1, 0.15) is 5.56 Å². The predicted octanol–water partition coefficient (Wildman–Crippen LogP) is 1.77. The van der Waals surface area contributed by atoms with Gasteiger partial charge in [-0.3, -0.25) is 0 Å². The lowest BCUT2D eigenvalue weighted by atomic mass is 10.1. The van der Waals surface area contributed by atoms with E-state index in [0.717, 1.165) is 42.3 Å². The average Bonchev–Trinajstić information content (AvgIpc) is 2.34. The van der Waals surface area contributed by atoms with Crippen LogP contribution in [0.3, 0.4) is 0 Å². The summed E-state index contributed by atoms with van der Waals surface area (Å²) in [6.45, 7) is 1.85. The molecule has 1 aromatic rings. The molecule has 1 N–H and O–H groups in total. The maximum Gasteiger partial charge on any atom is 0.122 e. The monoisotopic (exact) mass is 241 g/mol. The van der Waals surface area contributed by atoms with E-state index in [1.807, 2.05) is 18.2 Å².